The van der Waals surface area contributed by atoms with Crippen LogP contribution in [0.3, 0.4) is 0 Å². The molecule has 0 saturated heterocycles. The molecule has 122 valence electrons. The van der Waals surface area contributed by atoms with Crippen LogP contribution >= 0.6 is 15.9 Å². The summed E-state index contributed by atoms with van der Waals surface area (Å²) in [4.78, 5) is 0. The van der Waals surface area contributed by atoms with Gasteiger partial charge in [0.1, 0.15) is 0 Å². The molecular formula is C23H19BrN+. The number of rotatable bonds is 4. The van der Waals surface area contributed by atoms with E-state index >= 15 is 0 Å². The highest BCUT2D eigenvalue weighted by molar-refractivity contribution is 9.10. The monoisotopic (exact) mass is 388 g/mol. The van der Waals surface area contributed by atoms with Crippen LogP contribution in [0.25, 0.3) is 10.8 Å². The largest absolute Gasteiger partial charge is 0.197 e. The fraction of sp³-hybridized carbons (Fsp3) is 0.0870. The summed E-state index contributed by atoms with van der Waals surface area (Å²) < 4.78 is 3.49. The average molecular weight is 389 g/mol. The Morgan fingerprint density at radius 2 is 1.40 bits per heavy atom. The first kappa shape index (κ1) is 16.0. The predicted molar refractivity (Wildman–Crippen MR) is 107 cm³/mol. The number of pyridine rings is 1. The summed E-state index contributed by atoms with van der Waals surface area (Å²) in [5.41, 5.74) is 3.99. The summed E-state index contributed by atoms with van der Waals surface area (Å²) >= 11 is 3.52. The molecular weight excluding hydrogens is 370 g/mol. The van der Waals surface area contributed by atoms with Crippen LogP contribution in [0, 0.1) is 0 Å². The lowest BCUT2D eigenvalue weighted by Gasteiger charge is -2.09. The van der Waals surface area contributed by atoms with Crippen LogP contribution in [-0.4, -0.2) is 0 Å². The van der Waals surface area contributed by atoms with Crippen molar-refractivity contribution in [2.45, 2.75) is 13.0 Å². The van der Waals surface area contributed by atoms with Crippen molar-refractivity contribution in [3.8, 4) is 0 Å². The fourth-order valence-corrected chi connectivity index (χ4v) is 3.51. The Kier molecular flexibility index (Phi) is 4.62. The molecule has 0 saturated carbocycles. The molecule has 4 aromatic rings. The smallest absolute Gasteiger partial charge is 0.193 e. The number of fused-ring (bicyclic) bond motifs is 1. The quantitative estimate of drug-likeness (QED) is 0.404. The Bertz CT molecular complexity index is 991. The van der Waals surface area contributed by atoms with E-state index < -0.39 is 0 Å². The Morgan fingerprint density at radius 3 is 2.20 bits per heavy atom. The summed E-state index contributed by atoms with van der Waals surface area (Å²) in [6.45, 7) is 0.886. The minimum absolute atomic E-state index is 0.886. The Hall–Kier alpha value is -2.45. The number of nitrogens with zero attached hydrogens (tertiary/aromatic N) is 1. The molecule has 0 atom stereocenters. The molecule has 0 unspecified atom stereocenters. The van der Waals surface area contributed by atoms with E-state index in [1.165, 1.54) is 27.6 Å². The molecule has 0 aliphatic rings. The lowest BCUT2D eigenvalue weighted by molar-refractivity contribution is -0.693. The van der Waals surface area contributed by atoms with Gasteiger partial charge in [0.2, 0.25) is 0 Å². The first-order valence-corrected chi connectivity index (χ1v) is 9.27. The van der Waals surface area contributed by atoms with Crippen molar-refractivity contribution in [3.05, 3.63) is 112 Å². The molecule has 0 N–H and O–H groups in total. The van der Waals surface area contributed by atoms with Crippen molar-refractivity contribution in [1.29, 1.82) is 0 Å². The van der Waals surface area contributed by atoms with Crippen LogP contribution in [0.15, 0.2) is 95.6 Å². The fourth-order valence-electron chi connectivity index (χ4n) is 3.24. The van der Waals surface area contributed by atoms with Gasteiger partial charge in [-0.05, 0) is 29.1 Å². The number of hydrogen-bond donors (Lipinski definition) is 0. The van der Waals surface area contributed by atoms with Gasteiger partial charge < -0.3 is 0 Å². The van der Waals surface area contributed by atoms with Gasteiger partial charge in [0, 0.05) is 21.5 Å². The van der Waals surface area contributed by atoms with Crippen LogP contribution in [0.1, 0.15) is 16.8 Å². The highest BCUT2D eigenvalue weighted by Gasteiger charge is 2.16. The first-order chi connectivity index (χ1) is 12.3. The van der Waals surface area contributed by atoms with E-state index in [9.17, 15) is 0 Å². The maximum absolute atomic E-state index is 3.52. The maximum Gasteiger partial charge on any atom is 0.193 e. The van der Waals surface area contributed by atoms with E-state index in [0.717, 1.165) is 17.4 Å². The normalized spacial score (nSPS) is 10.9. The molecule has 0 aliphatic carbocycles. The van der Waals surface area contributed by atoms with Gasteiger partial charge >= 0.3 is 0 Å². The molecule has 0 aliphatic heterocycles. The standard InChI is InChI=1S/C23H19BrN/c24-21-12-10-18(11-13-21)16-23-22-9-5-4-8-20(22)14-15-25(23)17-19-6-2-1-3-7-19/h1-15H,16-17H2/q+1. The molecule has 1 heterocycles. The second kappa shape index (κ2) is 7.20. The molecule has 0 spiro atoms. The zero-order chi connectivity index (χ0) is 17.1. The van der Waals surface area contributed by atoms with Crippen LogP contribution in [0.4, 0.5) is 0 Å². The molecule has 25 heavy (non-hydrogen) atoms. The number of halogens is 1. The van der Waals surface area contributed by atoms with Crippen molar-refractivity contribution < 1.29 is 4.57 Å². The lowest BCUT2D eigenvalue weighted by atomic mass is 10.0. The van der Waals surface area contributed by atoms with Gasteiger partial charge in [-0.2, -0.15) is 4.57 Å². The maximum atomic E-state index is 3.52. The van der Waals surface area contributed by atoms with Crippen molar-refractivity contribution in [3.63, 3.8) is 0 Å². The topological polar surface area (TPSA) is 3.88 Å². The number of benzene rings is 3. The zero-order valence-corrected chi connectivity index (χ0v) is 15.5. The molecule has 2 heteroatoms. The van der Waals surface area contributed by atoms with E-state index in [1.54, 1.807) is 0 Å². The number of aromatic nitrogens is 1. The summed E-state index contributed by atoms with van der Waals surface area (Å²) in [5.74, 6) is 0. The van der Waals surface area contributed by atoms with Gasteiger partial charge in [0.25, 0.3) is 0 Å². The second-order valence-corrected chi connectivity index (χ2v) is 7.18. The third kappa shape index (κ3) is 3.64. The highest BCUT2D eigenvalue weighted by atomic mass is 79.9. The summed E-state index contributed by atoms with van der Waals surface area (Å²) in [7, 11) is 0. The van der Waals surface area contributed by atoms with Gasteiger partial charge in [-0.25, -0.2) is 0 Å². The Balaban J connectivity index is 1.80. The SMILES string of the molecule is Brc1ccc(Cc2c3ccccc3cc[n+]2Cc2ccccc2)cc1. The van der Waals surface area contributed by atoms with Gasteiger partial charge in [-0.15, -0.1) is 0 Å². The van der Waals surface area contributed by atoms with E-state index in [1.807, 2.05) is 0 Å². The van der Waals surface area contributed by atoms with Crippen molar-refractivity contribution in [2.24, 2.45) is 0 Å². The van der Waals surface area contributed by atoms with Gasteiger partial charge in [-0.1, -0.05) is 76.6 Å². The van der Waals surface area contributed by atoms with Crippen LogP contribution in [0.2, 0.25) is 0 Å². The molecule has 1 nitrogen and oxygen atoms in total. The summed E-state index contributed by atoms with van der Waals surface area (Å²) in [5, 5.41) is 2.61. The zero-order valence-electron chi connectivity index (χ0n) is 13.9. The predicted octanol–water partition coefficient (Wildman–Crippen LogP) is 5.53. The highest BCUT2D eigenvalue weighted by Crippen LogP contribution is 2.20. The van der Waals surface area contributed by atoms with Crippen molar-refractivity contribution in [2.75, 3.05) is 0 Å². The summed E-state index contributed by atoms with van der Waals surface area (Å²) in [6.07, 6.45) is 3.13. The van der Waals surface area contributed by atoms with E-state index in [-0.39, 0.29) is 0 Å². The molecule has 4 rings (SSSR count). The van der Waals surface area contributed by atoms with Crippen LogP contribution in [0.5, 0.6) is 0 Å². The van der Waals surface area contributed by atoms with Gasteiger partial charge in [-0.3, -0.25) is 0 Å². The van der Waals surface area contributed by atoms with E-state index in [2.05, 4.69) is 112 Å². The molecule has 1 aromatic heterocycles. The molecule has 0 amide bonds. The van der Waals surface area contributed by atoms with Crippen LogP contribution in [-0.2, 0) is 13.0 Å². The lowest BCUT2D eigenvalue weighted by Crippen LogP contribution is -2.39. The Labute approximate surface area is 156 Å². The van der Waals surface area contributed by atoms with Gasteiger partial charge in [0.05, 0.1) is 6.42 Å². The molecule has 0 bridgehead atoms. The minimum Gasteiger partial charge on any atom is -0.197 e. The Morgan fingerprint density at radius 1 is 0.680 bits per heavy atom. The molecule has 3 aromatic carbocycles. The molecule has 0 radical (unpaired) electrons. The third-order valence-corrected chi connectivity index (χ3v) is 5.06. The van der Waals surface area contributed by atoms with E-state index in [4.69, 9.17) is 0 Å². The second-order valence-electron chi connectivity index (χ2n) is 6.27. The third-order valence-electron chi connectivity index (χ3n) is 4.53. The van der Waals surface area contributed by atoms with E-state index in [0.29, 0.717) is 0 Å². The number of hydrogen-bond acceptors (Lipinski definition) is 0. The van der Waals surface area contributed by atoms with Crippen molar-refractivity contribution in [1.82, 2.24) is 0 Å². The molecule has 0 fully saturated rings. The summed E-state index contributed by atoms with van der Waals surface area (Å²) in [6, 6.07) is 30.1. The van der Waals surface area contributed by atoms with Crippen molar-refractivity contribution >= 4 is 26.7 Å². The average Bonchev–Trinajstić information content (AvgIpc) is 2.66. The first-order valence-electron chi connectivity index (χ1n) is 8.48. The van der Waals surface area contributed by atoms with Gasteiger partial charge in [0.15, 0.2) is 18.4 Å². The van der Waals surface area contributed by atoms with Crippen LogP contribution < -0.4 is 4.57 Å². The minimum atomic E-state index is 0.886.